The lowest BCUT2D eigenvalue weighted by molar-refractivity contribution is 0.0754. The van der Waals surface area contributed by atoms with Gasteiger partial charge in [0.2, 0.25) is 5.95 Å². The highest BCUT2D eigenvalue weighted by Gasteiger charge is 2.27. The van der Waals surface area contributed by atoms with Gasteiger partial charge in [-0.25, -0.2) is 9.78 Å². The molecule has 0 saturated carbocycles. The van der Waals surface area contributed by atoms with Gasteiger partial charge in [0, 0.05) is 45.8 Å². The van der Waals surface area contributed by atoms with Crippen molar-refractivity contribution in [1.29, 1.82) is 0 Å². The summed E-state index contributed by atoms with van der Waals surface area (Å²) in [6.45, 7) is 4.71. The molecule has 2 amide bonds. The Kier molecular flexibility index (Phi) is 6.48. The average Bonchev–Trinajstić information content (AvgIpc) is 2.81. The molecule has 0 atom stereocenters. The Morgan fingerprint density at radius 1 is 1.24 bits per heavy atom. The summed E-state index contributed by atoms with van der Waals surface area (Å²) in [6.07, 6.45) is 1.42. The highest BCUT2D eigenvalue weighted by atomic mass is 16.5. The number of nitrogens with zero attached hydrogens (tertiary/aromatic N) is 4. The van der Waals surface area contributed by atoms with Crippen molar-refractivity contribution < 1.29 is 14.3 Å². The number of primary amides is 1. The Morgan fingerprint density at radius 3 is 2.66 bits per heavy atom. The minimum Gasteiger partial charge on any atom is -0.449 e. The molecular weight excluding hydrogens is 372 g/mol. The molecule has 3 N–H and O–H groups in total. The molecule has 0 saturated heterocycles. The van der Waals surface area contributed by atoms with Crippen LogP contribution in [0.1, 0.15) is 28.4 Å². The molecule has 0 aliphatic carbocycles. The molecule has 1 aromatic heterocycles. The number of ether oxygens (including phenoxy) is 1. The number of rotatable bonds is 7. The van der Waals surface area contributed by atoms with Gasteiger partial charge < -0.3 is 25.6 Å². The number of fused-ring (bicyclic) bond motifs is 1. The molecule has 9 nitrogen and oxygen atoms in total. The van der Waals surface area contributed by atoms with Gasteiger partial charge in [0.1, 0.15) is 11.4 Å². The number of hydrogen-bond acceptors (Lipinski definition) is 7. The second-order valence-electron chi connectivity index (χ2n) is 6.84. The third kappa shape index (κ3) is 5.13. The predicted octanol–water partition coefficient (Wildman–Crippen LogP) is 1.64. The molecule has 0 spiro atoms. The van der Waals surface area contributed by atoms with Crippen molar-refractivity contribution >= 4 is 23.8 Å². The first-order chi connectivity index (χ1) is 14.0. The summed E-state index contributed by atoms with van der Waals surface area (Å²) in [4.78, 5) is 36.3. The van der Waals surface area contributed by atoms with E-state index >= 15 is 0 Å². The van der Waals surface area contributed by atoms with E-state index in [0.717, 1.165) is 11.1 Å². The van der Waals surface area contributed by atoms with E-state index in [1.54, 1.807) is 6.20 Å². The minimum atomic E-state index is -0.770. The number of amides is 2. The molecule has 1 aromatic carbocycles. The molecular formula is C20H26N6O3. The van der Waals surface area contributed by atoms with Crippen LogP contribution in [0.15, 0.2) is 30.5 Å². The highest BCUT2D eigenvalue weighted by molar-refractivity contribution is 5.99. The van der Waals surface area contributed by atoms with Crippen molar-refractivity contribution in [3.63, 3.8) is 0 Å². The van der Waals surface area contributed by atoms with Gasteiger partial charge >= 0.3 is 6.09 Å². The number of aromatic nitrogens is 2. The van der Waals surface area contributed by atoms with Crippen LogP contribution in [0.3, 0.4) is 0 Å². The Bertz CT molecular complexity index is 871. The van der Waals surface area contributed by atoms with E-state index in [1.807, 2.05) is 48.0 Å². The molecule has 2 aromatic rings. The number of nitrogens with one attached hydrogen (secondary N) is 1. The summed E-state index contributed by atoms with van der Waals surface area (Å²) < 4.78 is 4.76. The van der Waals surface area contributed by atoms with E-state index in [2.05, 4.69) is 15.3 Å². The average molecular weight is 398 g/mol. The number of likely N-dealkylation sites (N-methyl/N-ethyl adjacent to an activating group) is 1. The van der Waals surface area contributed by atoms with Crippen molar-refractivity contribution in [2.24, 2.45) is 5.73 Å². The van der Waals surface area contributed by atoms with E-state index in [0.29, 0.717) is 49.9 Å². The van der Waals surface area contributed by atoms with Crippen LogP contribution in [0.2, 0.25) is 0 Å². The second-order valence-corrected chi connectivity index (χ2v) is 6.84. The number of anilines is 2. The standard InChI is InChI=1S/C20H26N6O3/c1-3-22-20-23-12-16-17(24-20)25(2)9-10-26(18(16)27)13-15-6-4-14(5-7-15)8-11-29-19(21)28/h4-7,12H,3,8-11,13H2,1-2H3,(H2,21,28)(H,22,23,24). The second kappa shape index (κ2) is 9.22. The van der Waals surface area contributed by atoms with E-state index in [4.69, 9.17) is 10.5 Å². The monoisotopic (exact) mass is 398 g/mol. The molecule has 1 aliphatic heterocycles. The van der Waals surface area contributed by atoms with Crippen molar-refractivity contribution in [2.45, 2.75) is 19.9 Å². The Labute approximate surface area is 169 Å². The molecule has 0 fully saturated rings. The van der Waals surface area contributed by atoms with E-state index in [-0.39, 0.29) is 12.5 Å². The number of hydrogen-bond donors (Lipinski definition) is 2. The zero-order valence-electron chi connectivity index (χ0n) is 16.7. The molecule has 29 heavy (non-hydrogen) atoms. The SMILES string of the molecule is CCNc1ncc2c(n1)N(C)CCN(Cc1ccc(CCOC(N)=O)cc1)C2=O. The van der Waals surface area contributed by atoms with Gasteiger partial charge in [0.15, 0.2) is 0 Å². The molecule has 3 rings (SSSR count). The molecule has 0 radical (unpaired) electrons. The summed E-state index contributed by atoms with van der Waals surface area (Å²) in [7, 11) is 1.93. The van der Waals surface area contributed by atoms with Crippen molar-refractivity contribution in [2.75, 3.05) is 43.5 Å². The number of benzene rings is 1. The summed E-state index contributed by atoms with van der Waals surface area (Å²) in [5.41, 5.74) is 7.53. The Balaban J connectivity index is 1.70. The zero-order chi connectivity index (χ0) is 20.8. The number of carbonyl (C=O) groups excluding carboxylic acids is 2. The van der Waals surface area contributed by atoms with Gasteiger partial charge in [-0.3, -0.25) is 4.79 Å². The molecule has 0 unspecified atom stereocenters. The van der Waals surface area contributed by atoms with Crippen LogP contribution < -0.4 is 16.0 Å². The van der Waals surface area contributed by atoms with Gasteiger partial charge in [-0.1, -0.05) is 24.3 Å². The number of nitrogens with two attached hydrogens (primary N) is 1. The van der Waals surface area contributed by atoms with Crippen LogP contribution in [0.4, 0.5) is 16.6 Å². The fraction of sp³-hybridized carbons (Fsp3) is 0.400. The molecule has 0 bridgehead atoms. The smallest absolute Gasteiger partial charge is 0.404 e. The van der Waals surface area contributed by atoms with Gasteiger partial charge in [-0.05, 0) is 18.1 Å². The third-order valence-electron chi connectivity index (χ3n) is 4.72. The highest BCUT2D eigenvalue weighted by Crippen LogP contribution is 2.23. The summed E-state index contributed by atoms with van der Waals surface area (Å²) >= 11 is 0. The van der Waals surface area contributed by atoms with Crippen molar-refractivity contribution in [3.8, 4) is 0 Å². The molecule has 2 heterocycles. The van der Waals surface area contributed by atoms with Gasteiger partial charge in [0.25, 0.3) is 5.91 Å². The normalized spacial score (nSPS) is 13.7. The molecule has 154 valence electrons. The Hall–Kier alpha value is -3.36. The lowest BCUT2D eigenvalue weighted by atomic mass is 10.1. The largest absolute Gasteiger partial charge is 0.449 e. The van der Waals surface area contributed by atoms with Crippen LogP contribution >= 0.6 is 0 Å². The van der Waals surface area contributed by atoms with Crippen LogP contribution in [-0.2, 0) is 17.7 Å². The van der Waals surface area contributed by atoms with Gasteiger partial charge in [-0.15, -0.1) is 0 Å². The maximum Gasteiger partial charge on any atom is 0.404 e. The van der Waals surface area contributed by atoms with Crippen LogP contribution in [-0.4, -0.2) is 60.2 Å². The molecule has 1 aliphatic rings. The summed E-state index contributed by atoms with van der Waals surface area (Å²) in [6, 6.07) is 7.89. The van der Waals surface area contributed by atoms with E-state index in [1.165, 1.54) is 0 Å². The van der Waals surface area contributed by atoms with Crippen LogP contribution in [0, 0.1) is 0 Å². The predicted molar refractivity (Wildman–Crippen MR) is 110 cm³/mol. The fourth-order valence-corrected chi connectivity index (χ4v) is 3.16. The van der Waals surface area contributed by atoms with Gasteiger partial charge in [0.05, 0.1) is 6.61 Å². The first kappa shape index (κ1) is 20.4. The van der Waals surface area contributed by atoms with E-state index < -0.39 is 6.09 Å². The molecule has 9 heteroatoms. The van der Waals surface area contributed by atoms with Crippen molar-refractivity contribution in [1.82, 2.24) is 14.9 Å². The first-order valence-corrected chi connectivity index (χ1v) is 9.59. The van der Waals surface area contributed by atoms with E-state index in [9.17, 15) is 9.59 Å². The Morgan fingerprint density at radius 2 is 1.97 bits per heavy atom. The van der Waals surface area contributed by atoms with Crippen molar-refractivity contribution in [3.05, 3.63) is 47.2 Å². The summed E-state index contributed by atoms with van der Waals surface area (Å²) in [5, 5.41) is 3.08. The third-order valence-corrected chi connectivity index (χ3v) is 4.72. The number of carbonyl (C=O) groups is 2. The first-order valence-electron chi connectivity index (χ1n) is 9.59. The van der Waals surface area contributed by atoms with Crippen LogP contribution in [0.5, 0.6) is 0 Å². The minimum absolute atomic E-state index is 0.0775. The summed E-state index contributed by atoms with van der Waals surface area (Å²) in [5.74, 6) is 1.09. The van der Waals surface area contributed by atoms with Crippen LogP contribution in [0.25, 0.3) is 0 Å². The fourth-order valence-electron chi connectivity index (χ4n) is 3.16. The maximum atomic E-state index is 13.1. The van der Waals surface area contributed by atoms with Gasteiger partial charge in [-0.2, -0.15) is 4.98 Å². The lowest BCUT2D eigenvalue weighted by Gasteiger charge is -2.21. The lowest BCUT2D eigenvalue weighted by Crippen LogP contribution is -2.33. The maximum absolute atomic E-state index is 13.1. The quantitative estimate of drug-likeness (QED) is 0.729. The zero-order valence-corrected chi connectivity index (χ0v) is 16.7. The topological polar surface area (TPSA) is 114 Å².